The Morgan fingerprint density at radius 2 is 1.94 bits per heavy atom. The summed E-state index contributed by atoms with van der Waals surface area (Å²) in [7, 11) is 4.22. The maximum atomic E-state index is 6.22. The predicted octanol–water partition coefficient (Wildman–Crippen LogP) is 2.28. The summed E-state index contributed by atoms with van der Waals surface area (Å²) in [6.45, 7) is 6.15. The number of rotatable bonds is 2. The second kappa shape index (κ2) is 5.41. The fraction of sp³-hybridized carbons (Fsp3) is 0.692. The first kappa shape index (κ1) is 13.6. The Kier molecular flexibility index (Phi) is 4.07. The Labute approximate surface area is 114 Å². The van der Waals surface area contributed by atoms with E-state index in [9.17, 15) is 0 Å². The van der Waals surface area contributed by atoms with Crippen molar-refractivity contribution in [3.63, 3.8) is 0 Å². The van der Waals surface area contributed by atoms with E-state index in [0.29, 0.717) is 11.2 Å². The minimum absolute atomic E-state index is 0.470. The summed E-state index contributed by atoms with van der Waals surface area (Å²) in [5, 5.41) is 0.508. The van der Waals surface area contributed by atoms with E-state index in [1.165, 1.54) is 19.4 Å². The van der Waals surface area contributed by atoms with Gasteiger partial charge in [-0.05, 0) is 40.3 Å². The van der Waals surface area contributed by atoms with Crippen LogP contribution in [0.25, 0.3) is 0 Å². The molecule has 0 radical (unpaired) electrons. The van der Waals surface area contributed by atoms with E-state index in [1.807, 2.05) is 13.8 Å². The van der Waals surface area contributed by atoms with Gasteiger partial charge in [0, 0.05) is 19.6 Å². The average Bonchev–Trinajstić information content (AvgIpc) is 2.33. The van der Waals surface area contributed by atoms with Crippen LogP contribution in [-0.2, 0) is 0 Å². The summed E-state index contributed by atoms with van der Waals surface area (Å²) in [6, 6.07) is 0.470. The molecule has 1 fully saturated rings. The molecule has 1 aromatic heterocycles. The lowest BCUT2D eigenvalue weighted by Gasteiger charge is -2.36. The molecule has 1 aromatic rings. The molecule has 1 saturated heterocycles. The summed E-state index contributed by atoms with van der Waals surface area (Å²) >= 11 is 6.22. The lowest BCUT2D eigenvalue weighted by molar-refractivity contribution is 0.247. The quantitative estimate of drug-likeness (QED) is 0.824. The van der Waals surface area contributed by atoms with Gasteiger partial charge >= 0.3 is 0 Å². The van der Waals surface area contributed by atoms with Gasteiger partial charge in [-0.3, -0.25) is 0 Å². The molecule has 5 heteroatoms. The van der Waals surface area contributed by atoms with E-state index in [-0.39, 0.29) is 0 Å². The van der Waals surface area contributed by atoms with Gasteiger partial charge in [0.1, 0.15) is 0 Å². The number of aromatic nitrogens is 2. The van der Waals surface area contributed by atoms with Crippen LogP contribution in [0.2, 0.25) is 5.15 Å². The van der Waals surface area contributed by atoms with E-state index >= 15 is 0 Å². The van der Waals surface area contributed by atoms with Crippen molar-refractivity contribution in [3.05, 3.63) is 16.5 Å². The number of likely N-dealkylation sites (tertiary alicyclic amines) is 1. The normalized spacial score (nSPS) is 21.1. The molecule has 0 aliphatic carbocycles. The zero-order valence-corrected chi connectivity index (χ0v) is 12.3. The van der Waals surface area contributed by atoms with Crippen LogP contribution in [0.5, 0.6) is 0 Å². The minimum atomic E-state index is 0.470. The number of piperidine rings is 1. The van der Waals surface area contributed by atoms with Crippen LogP contribution in [0.15, 0.2) is 0 Å². The molecule has 100 valence electrons. The molecule has 0 spiro atoms. The van der Waals surface area contributed by atoms with Gasteiger partial charge in [0.15, 0.2) is 11.0 Å². The number of hydrogen-bond acceptors (Lipinski definition) is 4. The Hall–Kier alpha value is -0.870. The van der Waals surface area contributed by atoms with Crippen molar-refractivity contribution >= 4 is 17.4 Å². The van der Waals surface area contributed by atoms with Crippen LogP contribution in [0.4, 0.5) is 5.82 Å². The smallest absolute Gasteiger partial charge is 0.171 e. The number of hydrogen-bond donors (Lipinski definition) is 0. The highest BCUT2D eigenvalue weighted by Crippen LogP contribution is 2.26. The van der Waals surface area contributed by atoms with E-state index in [2.05, 4.69) is 33.9 Å². The molecule has 0 aromatic carbocycles. The zero-order chi connectivity index (χ0) is 13.3. The highest BCUT2D eigenvalue weighted by Gasteiger charge is 2.24. The molecule has 18 heavy (non-hydrogen) atoms. The van der Waals surface area contributed by atoms with E-state index < -0.39 is 0 Å². The third kappa shape index (κ3) is 2.75. The van der Waals surface area contributed by atoms with Gasteiger partial charge in [-0.15, -0.1) is 0 Å². The molecule has 2 heterocycles. The molecule has 4 nitrogen and oxygen atoms in total. The monoisotopic (exact) mass is 268 g/mol. The highest BCUT2D eigenvalue weighted by atomic mass is 35.5. The summed E-state index contributed by atoms with van der Waals surface area (Å²) in [4.78, 5) is 13.5. The molecule has 0 bridgehead atoms. The Balaban J connectivity index is 2.22. The van der Waals surface area contributed by atoms with E-state index in [0.717, 1.165) is 23.8 Å². The molecule has 0 saturated carbocycles. The van der Waals surface area contributed by atoms with Crippen LogP contribution in [0.3, 0.4) is 0 Å². The van der Waals surface area contributed by atoms with Crippen LogP contribution in [-0.4, -0.2) is 48.1 Å². The van der Waals surface area contributed by atoms with Crippen molar-refractivity contribution in [2.24, 2.45) is 0 Å². The molecule has 2 rings (SSSR count). The summed E-state index contributed by atoms with van der Waals surface area (Å²) in [5.74, 6) is 0.806. The molecule has 0 amide bonds. The standard InChI is InChI=1S/C13H21ClN4/c1-9-10(2)16-13(12(14)15-9)18(4)11-6-5-7-17(3)8-11/h11H,5-8H2,1-4H3. The summed E-state index contributed by atoms with van der Waals surface area (Å²) in [5.41, 5.74) is 1.85. The molecular formula is C13H21ClN4. The van der Waals surface area contributed by atoms with Gasteiger partial charge in [-0.25, -0.2) is 9.97 Å². The maximum Gasteiger partial charge on any atom is 0.171 e. The minimum Gasteiger partial charge on any atom is -0.353 e. The third-order valence-corrected chi connectivity index (χ3v) is 3.98. The van der Waals surface area contributed by atoms with Crippen LogP contribution in [0.1, 0.15) is 24.2 Å². The van der Waals surface area contributed by atoms with Gasteiger partial charge < -0.3 is 9.80 Å². The number of halogens is 1. The second-order valence-electron chi connectivity index (χ2n) is 5.18. The number of aryl methyl sites for hydroxylation is 2. The summed E-state index contributed by atoms with van der Waals surface area (Å²) in [6.07, 6.45) is 2.41. The van der Waals surface area contributed by atoms with Crippen molar-refractivity contribution < 1.29 is 0 Å². The Bertz CT molecular complexity index is 435. The molecule has 1 atom stereocenters. The molecular weight excluding hydrogens is 248 g/mol. The van der Waals surface area contributed by atoms with E-state index in [4.69, 9.17) is 11.6 Å². The molecule has 1 aliphatic rings. The SMILES string of the molecule is Cc1nc(Cl)c(N(C)C2CCCN(C)C2)nc1C. The largest absolute Gasteiger partial charge is 0.353 e. The van der Waals surface area contributed by atoms with Crippen LogP contribution < -0.4 is 4.90 Å². The maximum absolute atomic E-state index is 6.22. The van der Waals surface area contributed by atoms with Gasteiger partial charge in [-0.1, -0.05) is 11.6 Å². The topological polar surface area (TPSA) is 32.3 Å². The Morgan fingerprint density at radius 3 is 2.61 bits per heavy atom. The van der Waals surface area contributed by atoms with Crippen molar-refractivity contribution in [2.45, 2.75) is 32.7 Å². The van der Waals surface area contributed by atoms with Gasteiger partial charge in [0.05, 0.1) is 11.4 Å². The van der Waals surface area contributed by atoms with Crippen LogP contribution in [0, 0.1) is 13.8 Å². The molecule has 0 N–H and O–H groups in total. The number of likely N-dealkylation sites (N-methyl/N-ethyl adjacent to an activating group) is 2. The van der Waals surface area contributed by atoms with Gasteiger partial charge in [-0.2, -0.15) is 0 Å². The first-order chi connectivity index (χ1) is 8.49. The number of nitrogens with zero attached hydrogens (tertiary/aromatic N) is 4. The fourth-order valence-corrected chi connectivity index (χ4v) is 2.72. The lowest BCUT2D eigenvalue weighted by Crippen LogP contribution is -2.45. The average molecular weight is 269 g/mol. The second-order valence-corrected chi connectivity index (χ2v) is 5.54. The van der Waals surface area contributed by atoms with Crippen molar-refractivity contribution in [1.82, 2.24) is 14.9 Å². The van der Waals surface area contributed by atoms with E-state index in [1.54, 1.807) is 0 Å². The van der Waals surface area contributed by atoms with Gasteiger partial charge in [0.25, 0.3) is 0 Å². The highest BCUT2D eigenvalue weighted by molar-refractivity contribution is 6.31. The third-order valence-electron chi connectivity index (χ3n) is 3.73. The fourth-order valence-electron chi connectivity index (χ4n) is 2.42. The first-order valence-electron chi connectivity index (χ1n) is 6.41. The summed E-state index contributed by atoms with van der Waals surface area (Å²) < 4.78 is 0. The predicted molar refractivity (Wildman–Crippen MR) is 75.4 cm³/mol. The molecule has 1 unspecified atom stereocenters. The van der Waals surface area contributed by atoms with Crippen molar-refractivity contribution in [2.75, 3.05) is 32.1 Å². The zero-order valence-electron chi connectivity index (χ0n) is 11.6. The number of anilines is 1. The van der Waals surface area contributed by atoms with Crippen molar-refractivity contribution in [1.29, 1.82) is 0 Å². The van der Waals surface area contributed by atoms with Crippen molar-refractivity contribution in [3.8, 4) is 0 Å². The Morgan fingerprint density at radius 1 is 1.28 bits per heavy atom. The van der Waals surface area contributed by atoms with Crippen LogP contribution >= 0.6 is 11.6 Å². The first-order valence-corrected chi connectivity index (χ1v) is 6.79. The van der Waals surface area contributed by atoms with Gasteiger partial charge in [0.2, 0.25) is 0 Å². The molecule has 1 aliphatic heterocycles. The lowest BCUT2D eigenvalue weighted by atomic mass is 10.1.